The Morgan fingerprint density at radius 3 is 2.27 bits per heavy atom. The Kier molecular flexibility index (Phi) is 9.24. The van der Waals surface area contributed by atoms with E-state index >= 15 is 0 Å². The lowest BCUT2D eigenvalue weighted by Gasteiger charge is -2.05. The number of unbranched alkanes of at least 4 members (excludes halogenated alkanes) is 5. The van der Waals surface area contributed by atoms with Gasteiger partial charge in [-0.05, 0) is 26.3 Å². The molecule has 0 aliphatic heterocycles. The topological polar surface area (TPSA) is 29.1 Å². The van der Waals surface area contributed by atoms with Crippen LogP contribution in [0.5, 0.6) is 0 Å². The van der Waals surface area contributed by atoms with Gasteiger partial charge in [-0.25, -0.2) is 0 Å². The summed E-state index contributed by atoms with van der Waals surface area (Å²) >= 11 is 0. The summed E-state index contributed by atoms with van der Waals surface area (Å²) in [4.78, 5) is 10.7. The minimum absolute atomic E-state index is 0.114. The van der Waals surface area contributed by atoms with Crippen LogP contribution < -0.4 is 5.32 Å². The van der Waals surface area contributed by atoms with Crippen molar-refractivity contribution >= 4 is 5.78 Å². The van der Waals surface area contributed by atoms with Crippen LogP contribution in [0.25, 0.3) is 0 Å². The molecule has 0 amide bonds. The molecule has 0 spiro atoms. The summed E-state index contributed by atoms with van der Waals surface area (Å²) in [6, 6.07) is 0. The molecule has 0 aliphatic carbocycles. The molecular formula is C13H25NO. The molecule has 0 heterocycles. The molecule has 0 aliphatic rings. The largest absolute Gasteiger partial charge is 0.388 e. The number of ketones is 1. The van der Waals surface area contributed by atoms with Crippen molar-refractivity contribution in [1.82, 2.24) is 5.32 Å². The molecular weight excluding hydrogens is 186 g/mol. The lowest BCUT2D eigenvalue weighted by molar-refractivity contribution is -0.112. The van der Waals surface area contributed by atoms with Gasteiger partial charge in [-0.3, -0.25) is 4.79 Å². The van der Waals surface area contributed by atoms with Gasteiger partial charge in [0.05, 0.1) is 0 Å². The van der Waals surface area contributed by atoms with Crippen molar-refractivity contribution in [2.45, 2.75) is 59.3 Å². The van der Waals surface area contributed by atoms with Gasteiger partial charge in [-0.2, -0.15) is 0 Å². The van der Waals surface area contributed by atoms with Crippen molar-refractivity contribution in [3.8, 4) is 0 Å². The number of allylic oxidation sites excluding steroid dienone is 2. The molecule has 0 aromatic rings. The van der Waals surface area contributed by atoms with Crippen LogP contribution in [0.15, 0.2) is 11.8 Å². The van der Waals surface area contributed by atoms with Crippen LogP contribution >= 0.6 is 0 Å². The van der Waals surface area contributed by atoms with Gasteiger partial charge in [0.2, 0.25) is 0 Å². The van der Waals surface area contributed by atoms with Crippen molar-refractivity contribution in [2.75, 3.05) is 6.54 Å². The predicted molar refractivity (Wildman–Crippen MR) is 65.8 cm³/mol. The van der Waals surface area contributed by atoms with Gasteiger partial charge in [0, 0.05) is 12.2 Å². The van der Waals surface area contributed by atoms with Crippen molar-refractivity contribution in [3.05, 3.63) is 11.8 Å². The minimum Gasteiger partial charge on any atom is -0.388 e. The Balaban J connectivity index is 3.27. The molecule has 2 nitrogen and oxygen atoms in total. The SMILES string of the molecule is CCCCCCCCN/C(C)=C\C(C)=O. The fraction of sp³-hybridized carbons (Fsp3) is 0.769. The molecule has 88 valence electrons. The third-order valence-corrected chi connectivity index (χ3v) is 2.35. The molecule has 0 aromatic carbocycles. The van der Waals surface area contributed by atoms with E-state index < -0.39 is 0 Å². The van der Waals surface area contributed by atoms with Crippen LogP contribution in [-0.4, -0.2) is 12.3 Å². The van der Waals surface area contributed by atoms with Crippen LogP contribution in [0.4, 0.5) is 0 Å². The molecule has 0 atom stereocenters. The van der Waals surface area contributed by atoms with E-state index in [9.17, 15) is 4.79 Å². The van der Waals surface area contributed by atoms with Gasteiger partial charge in [0.25, 0.3) is 0 Å². The third-order valence-electron chi connectivity index (χ3n) is 2.35. The van der Waals surface area contributed by atoms with E-state index in [-0.39, 0.29) is 5.78 Å². The lowest BCUT2D eigenvalue weighted by atomic mass is 10.1. The maximum Gasteiger partial charge on any atom is 0.154 e. The average molecular weight is 211 g/mol. The summed E-state index contributed by atoms with van der Waals surface area (Å²) in [7, 11) is 0. The van der Waals surface area contributed by atoms with Gasteiger partial charge in [0.1, 0.15) is 0 Å². The molecule has 0 saturated carbocycles. The summed E-state index contributed by atoms with van der Waals surface area (Å²) in [5.41, 5.74) is 0.982. The maximum atomic E-state index is 10.7. The smallest absolute Gasteiger partial charge is 0.154 e. The zero-order valence-electron chi connectivity index (χ0n) is 10.4. The number of carbonyl (C=O) groups excluding carboxylic acids is 1. The Morgan fingerprint density at radius 2 is 1.67 bits per heavy atom. The van der Waals surface area contributed by atoms with Crippen molar-refractivity contribution < 1.29 is 4.79 Å². The quantitative estimate of drug-likeness (QED) is 0.467. The molecule has 0 aromatic heterocycles. The van der Waals surface area contributed by atoms with Gasteiger partial charge in [-0.15, -0.1) is 0 Å². The Labute approximate surface area is 94.1 Å². The fourth-order valence-electron chi connectivity index (χ4n) is 1.55. The zero-order valence-corrected chi connectivity index (χ0v) is 10.4. The highest BCUT2D eigenvalue weighted by Gasteiger charge is 1.92. The fourth-order valence-corrected chi connectivity index (χ4v) is 1.55. The minimum atomic E-state index is 0.114. The van der Waals surface area contributed by atoms with Crippen LogP contribution in [0.3, 0.4) is 0 Å². The van der Waals surface area contributed by atoms with Crippen LogP contribution in [0.2, 0.25) is 0 Å². The monoisotopic (exact) mass is 211 g/mol. The summed E-state index contributed by atoms with van der Waals surface area (Å²) in [6.45, 7) is 6.74. The number of hydrogen-bond donors (Lipinski definition) is 1. The summed E-state index contributed by atoms with van der Waals surface area (Å²) in [6.07, 6.45) is 9.50. The molecule has 0 bridgehead atoms. The molecule has 0 saturated heterocycles. The Bertz CT molecular complexity index is 197. The summed E-state index contributed by atoms with van der Waals surface area (Å²) in [5.74, 6) is 0.114. The van der Waals surface area contributed by atoms with Crippen molar-refractivity contribution in [3.63, 3.8) is 0 Å². The number of carbonyl (C=O) groups is 1. The first-order chi connectivity index (χ1) is 7.16. The summed E-state index contributed by atoms with van der Waals surface area (Å²) < 4.78 is 0. The number of nitrogens with one attached hydrogen (secondary N) is 1. The number of rotatable bonds is 9. The van der Waals surface area contributed by atoms with Gasteiger partial charge < -0.3 is 5.32 Å². The molecule has 15 heavy (non-hydrogen) atoms. The second-order valence-corrected chi connectivity index (χ2v) is 4.13. The molecule has 0 radical (unpaired) electrons. The van der Waals surface area contributed by atoms with Gasteiger partial charge in [-0.1, -0.05) is 39.0 Å². The Hall–Kier alpha value is -0.790. The van der Waals surface area contributed by atoms with E-state index in [0.717, 1.165) is 12.2 Å². The second-order valence-electron chi connectivity index (χ2n) is 4.13. The highest BCUT2D eigenvalue weighted by Crippen LogP contribution is 2.04. The van der Waals surface area contributed by atoms with Crippen molar-refractivity contribution in [1.29, 1.82) is 0 Å². The molecule has 0 unspecified atom stereocenters. The predicted octanol–water partition coefficient (Wildman–Crippen LogP) is 3.43. The first-order valence-electron chi connectivity index (χ1n) is 6.09. The molecule has 0 fully saturated rings. The lowest BCUT2D eigenvalue weighted by Crippen LogP contribution is -2.13. The van der Waals surface area contributed by atoms with Gasteiger partial charge in [0.15, 0.2) is 5.78 Å². The zero-order chi connectivity index (χ0) is 11.5. The van der Waals surface area contributed by atoms with Crippen LogP contribution in [0.1, 0.15) is 59.3 Å². The maximum absolute atomic E-state index is 10.7. The average Bonchev–Trinajstić information content (AvgIpc) is 2.15. The third kappa shape index (κ3) is 11.1. The first-order valence-corrected chi connectivity index (χ1v) is 6.09. The molecule has 2 heteroatoms. The first kappa shape index (κ1) is 14.2. The van der Waals surface area contributed by atoms with E-state index in [1.807, 2.05) is 6.92 Å². The van der Waals surface area contributed by atoms with E-state index in [4.69, 9.17) is 0 Å². The molecule has 0 rings (SSSR count). The van der Waals surface area contributed by atoms with Crippen LogP contribution in [-0.2, 0) is 4.79 Å². The summed E-state index contributed by atoms with van der Waals surface area (Å²) in [5, 5.41) is 3.25. The van der Waals surface area contributed by atoms with E-state index in [2.05, 4.69) is 12.2 Å². The normalized spacial score (nSPS) is 11.5. The van der Waals surface area contributed by atoms with Gasteiger partial charge >= 0.3 is 0 Å². The second kappa shape index (κ2) is 9.75. The van der Waals surface area contributed by atoms with Crippen LogP contribution in [0, 0.1) is 0 Å². The Morgan fingerprint density at radius 1 is 1.07 bits per heavy atom. The standard InChI is InChI=1S/C13H25NO/c1-4-5-6-7-8-9-10-14-12(2)11-13(3)15/h11,14H,4-10H2,1-3H3/b12-11-. The van der Waals surface area contributed by atoms with E-state index in [1.54, 1.807) is 13.0 Å². The highest BCUT2D eigenvalue weighted by molar-refractivity contribution is 5.87. The van der Waals surface area contributed by atoms with Crippen molar-refractivity contribution in [2.24, 2.45) is 0 Å². The van der Waals surface area contributed by atoms with E-state index in [1.165, 1.54) is 38.5 Å². The molecule has 1 N–H and O–H groups in total. The number of hydrogen-bond acceptors (Lipinski definition) is 2. The highest BCUT2D eigenvalue weighted by atomic mass is 16.1. The van der Waals surface area contributed by atoms with E-state index in [0.29, 0.717) is 0 Å².